The number of ether oxygens (including phenoxy) is 1. The van der Waals surface area contributed by atoms with Crippen molar-refractivity contribution in [3.05, 3.63) is 52.7 Å². The van der Waals surface area contributed by atoms with Crippen LogP contribution in [-0.2, 0) is 10.2 Å². The summed E-state index contributed by atoms with van der Waals surface area (Å²) in [6.45, 7) is 1.86. The highest BCUT2D eigenvalue weighted by atomic mass is 35.5. The summed E-state index contributed by atoms with van der Waals surface area (Å²) in [6, 6.07) is 11.3. The van der Waals surface area contributed by atoms with Crippen molar-refractivity contribution in [2.24, 2.45) is 0 Å². The summed E-state index contributed by atoms with van der Waals surface area (Å²) < 4.78 is 5.13. The number of nitrogens with zero attached hydrogens (tertiary/aromatic N) is 1. The molecule has 132 valence electrons. The number of pyridine rings is 1. The molecule has 1 N–H and O–H groups in total. The third-order valence-corrected chi connectivity index (χ3v) is 5.38. The fraction of sp³-hybridized carbons (Fsp3) is 0.400. The lowest BCUT2D eigenvalue weighted by atomic mass is 9.68. The number of carbonyl (C=O) groups excluding carboxylic acids is 1. The predicted octanol–water partition coefficient (Wildman–Crippen LogP) is 4.89. The van der Waals surface area contributed by atoms with E-state index in [0.717, 1.165) is 43.4 Å². The molecule has 1 aromatic carbocycles. The van der Waals surface area contributed by atoms with Crippen molar-refractivity contribution in [1.82, 2.24) is 4.98 Å². The normalized spacial score (nSPS) is 16.3. The van der Waals surface area contributed by atoms with Crippen molar-refractivity contribution in [3.63, 3.8) is 0 Å². The maximum atomic E-state index is 13.3. The van der Waals surface area contributed by atoms with Crippen LogP contribution in [0.2, 0.25) is 5.02 Å². The summed E-state index contributed by atoms with van der Waals surface area (Å²) in [5.41, 5.74) is 1.79. The number of methoxy groups -OCH3 is 1. The number of aryl methyl sites for hydroxylation is 1. The van der Waals surface area contributed by atoms with Crippen LogP contribution in [0.1, 0.15) is 43.4 Å². The van der Waals surface area contributed by atoms with Gasteiger partial charge in [-0.15, -0.1) is 0 Å². The van der Waals surface area contributed by atoms with Crippen LogP contribution in [0.3, 0.4) is 0 Å². The molecular weight excluding hydrogens is 336 g/mol. The van der Waals surface area contributed by atoms with Gasteiger partial charge in [0.2, 0.25) is 11.8 Å². The van der Waals surface area contributed by atoms with Crippen LogP contribution in [0.4, 0.5) is 5.69 Å². The van der Waals surface area contributed by atoms with E-state index in [2.05, 4.69) is 10.3 Å². The summed E-state index contributed by atoms with van der Waals surface area (Å²) in [5.74, 6) is 0.532. The summed E-state index contributed by atoms with van der Waals surface area (Å²) in [6.07, 6.45) is 4.83. The molecule has 0 saturated heterocycles. The molecule has 0 aliphatic heterocycles. The first-order chi connectivity index (χ1) is 12.1. The smallest absolute Gasteiger partial charge is 0.235 e. The third-order valence-electron chi connectivity index (χ3n) is 5.05. The molecule has 0 unspecified atom stereocenters. The average Bonchev–Trinajstić information content (AvgIpc) is 2.64. The van der Waals surface area contributed by atoms with Gasteiger partial charge in [0.05, 0.1) is 23.9 Å². The van der Waals surface area contributed by atoms with E-state index in [9.17, 15) is 4.79 Å². The lowest BCUT2D eigenvalue weighted by molar-refractivity contribution is -0.122. The number of nitrogens with one attached hydrogen (secondary N) is 1. The minimum Gasteiger partial charge on any atom is -0.481 e. The number of benzene rings is 1. The standard InChI is InChI=1S/C20H23ClN2O2/c1-14-17(10-11-18(22-14)25-2)23-19(24)20(12-6-3-7-13-20)15-8-4-5-9-16(15)21/h4-5,8-11H,3,6-7,12-13H2,1-2H3,(H,23,24). The van der Waals surface area contributed by atoms with Crippen molar-refractivity contribution >= 4 is 23.2 Å². The number of amides is 1. The predicted molar refractivity (Wildman–Crippen MR) is 100 cm³/mol. The van der Waals surface area contributed by atoms with Gasteiger partial charge in [0.1, 0.15) is 0 Å². The molecule has 0 atom stereocenters. The monoisotopic (exact) mass is 358 g/mol. The maximum absolute atomic E-state index is 13.3. The highest BCUT2D eigenvalue weighted by Crippen LogP contribution is 2.43. The molecule has 1 aliphatic rings. The van der Waals surface area contributed by atoms with E-state index < -0.39 is 5.41 Å². The summed E-state index contributed by atoms with van der Waals surface area (Å²) in [4.78, 5) is 17.7. The number of anilines is 1. The molecule has 1 aromatic heterocycles. The van der Waals surface area contributed by atoms with E-state index in [1.807, 2.05) is 37.3 Å². The highest BCUT2D eigenvalue weighted by molar-refractivity contribution is 6.31. The molecule has 2 aromatic rings. The Bertz CT molecular complexity index is 770. The molecule has 3 rings (SSSR count). The minimum atomic E-state index is -0.580. The molecule has 1 amide bonds. The molecule has 1 aliphatic carbocycles. The van der Waals surface area contributed by atoms with E-state index in [0.29, 0.717) is 16.6 Å². The van der Waals surface area contributed by atoms with Gasteiger partial charge >= 0.3 is 0 Å². The Morgan fingerprint density at radius 1 is 1.16 bits per heavy atom. The van der Waals surface area contributed by atoms with E-state index >= 15 is 0 Å². The second-order valence-electron chi connectivity index (χ2n) is 6.56. The van der Waals surface area contributed by atoms with Gasteiger partial charge in [0.15, 0.2) is 0 Å². The van der Waals surface area contributed by atoms with Crippen molar-refractivity contribution in [1.29, 1.82) is 0 Å². The molecule has 0 spiro atoms. The van der Waals surface area contributed by atoms with Crippen molar-refractivity contribution in [3.8, 4) is 5.88 Å². The number of hydrogen-bond donors (Lipinski definition) is 1. The average molecular weight is 359 g/mol. The number of hydrogen-bond acceptors (Lipinski definition) is 3. The Morgan fingerprint density at radius 2 is 1.88 bits per heavy atom. The molecular formula is C20H23ClN2O2. The van der Waals surface area contributed by atoms with E-state index in [-0.39, 0.29) is 5.91 Å². The Morgan fingerprint density at radius 3 is 2.52 bits per heavy atom. The molecule has 1 saturated carbocycles. The van der Waals surface area contributed by atoms with Crippen molar-refractivity contribution < 1.29 is 9.53 Å². The second kappa shape index (κ2) is 7.44. The first-order valence-electron chi connectivity index (χ1n) is 8.65. The van der Waals surface area contributed by atoms with Gasteiger partial charge in [-0.3, -0.25) is 4.79 Å². The Balaban J connectivity index is 1.94. The summed E-state index contributed by atoms with van der Waals surface area (Å²) in [7, 11) is 1.58. The topological polar surface area (TPSA) is 51.2 Å². The largest absolute Gasteiger partial charge is 0.481 e. The molecule has 1 fully saturated rings. The van der Waals surface area contributed by atoms with Gasteiger partial charge < -0.3 is 10.1 Å². The van der Waals surface area contributed by atoms with Crippen molar-refractivity contribution in [2.45, 2.75) is 44.4 Å². The van der Waals surface area contributed by atoms with Crippen LogP contribution < -0.4 is 10.1 Å². The lowest BCUT2D eigenvalue weighted by Crippen LogP contribution is -2.42. The van der Waals surface area contributed by atoms with Gasteiger partial charge in [-0.2, -0.15) is 0 Å². The van der Waals surface area contributed by atoms with Crippen LogP contribution >= 0.6 is 11.6 Å². The first-order valence-corrected chi connectivity index (χ1v) is 9.03. The van der Waals surface area contributed by atoms with E-state index in [1.54, 1.807) is 13.2 Å². The van der Waals surface area contributed by atoms with Gasteiger partial charge in [-0.25, -0.2) is 4.98 Å². The van der Waals surface area contributed by atoms with Crippen LogP contribution in [0.15, 0.2) is 36.4 Å². The van der Waals surface area contributed by atoms with Crippen LogP contribution in [0.25, 0.3) is 0 Å². The summed E-state index contributed by atoms with van der Waals surface area (Å²) >= 11 is 6.46. The van der Waals surface area contributed by atoms with Gasteiger partial charge in [0.25, 0.3) is 0 Å². The van der Waals surface area contributed by atoms with Gasteiger partial charge in [-0.1, -0.05) is 49.1 Å². The van der Waals surface area contributed by atoms with Crippen molar-refractivity contribution in [2.75, 3.05) is 12.4 Å². The molecule has 0 bridgehead atoms. The number of carbonyl (C=O) groups is 1. The Labute approximate surface area is 153 Å². The zero-order valence-electron chi connectivity index (χ0n) is 14.6. The maximum Gasteiger partial charge on any atom is 0.235 e. The van der Waals surface area contributed by atoms with Crippen LogP contribution in [-0.4, -0.2) is 18.0 Å². The third kappa shape index (κ3) is 3.49. The Hall–Kier alpha value is -2.07. The zero-order valence-corrected chi connectivity index (χ0v) is 15.4. The number of aromatic nitrogens is 1. The van der Waals surface area contributed by atoms with Gasteiger partial charge in [0, 0.05) is 11.1 Å². The molecule has 5 heteroatoms. The molecule has 25 heavy (non-hydrogen) atoms. The fourth-order valence-electron chi connectivity index (χ4n) is 3.65. The minimum absolute atomic E-state index is 0.00429. The van der Waals surface area contributed by atoms with E-state index in [1.165, 1.54) is 0 Å². The summed E-state index contributed by atoms with van der Waals surface area (Å²) in [5, 5.41) is 3.74. The zero-order chi connectivity index (χ0) is 17.9. The van der Waals surface area contributed by atoms with Gasteiger partial charge in [-0.05, 0) is 37.5 Å². The SMILES string of the molecule is COc1ccc(NC(=O)C2(c3ccccc3Cl)CCCCC2)c(C)n1. The molecule has 0 radical (unpaired) electrons. The highest BCUT2D eigenvalue weighted by Gasteiger charge is 2.42. The quantitative estimate of drug-likeness (QED) is 0.846. The first kappa shape index (κ1) is 17.7. The fourth-order valence-corrected chi connectivity index (χ4v) is 3.97. The second-order valence-corrected chi connectivity index (χ2v) is 6.97. The number of halogens is 1. The molecule has 4 nitrogen and oxygen atoms in total. The lowest BCUT2D eigenvalue weighted by Gasteiger charge is -2.37. The Kier molecular flexibility index (Phi) is 5.28. The van der Waals surface area contributed by atoms with E-state index in [4.69, 9.17) is 16.3 Å². The van der Waals surface area contributed by atoms with Crippen LogP contribution in [0.5, 0.6) is 5.88 Å². The molecule has 1 heterocycles. The number of rotatable bonds is 4. The van der Waals surface area contributed by atoms with Crippen LogP contribution in [0, 0.1) is 6.92 Å².